The molecule has 4 nitrogen and oxygen atoms in total. The van der Waals surface area contributed by atoms with Crippen LogP contribution in [0, 0.1) is 0 Å². The number of anilines is 1. The SMILES string of the molecule is CSC1(CNC(=O)c2cnccc2N)CCC1. The first kappa shape index (κ1) is 12.2. The minimum absolute atomic E-state index is 0.129. The topological polar surface area (TPSA) is 68.0 Å². The first-order valence-electron chi connectivity index (χ1n) is 5.70. The van der Waals surface area contributed by atoms with Crippen molar-refractivity contribution >= 4 is 23.4 Å². The van der Waals surface area contributed by atoms with Gasteiger partial charge in [0.2, 0.25) is 0 Å². The summed E-state index contributed by atoms with van der Waals surface area (Å²) >= 11 is 1.84. The second-order valence-electron chi connectivity index (χ2n) is 4.39. The van der Waals surface area contributed by atoms with Gasteiger partial charge in [-0.05, 0) is 25.2 Å². The fourth-order valence-electron chi connectivity index (χ4n) is 1.96. The zero-order valence-electron chi connectivity index (χ0n) is 9.90. The standard InChI is InChI=1S/C12H17N3OS/c1-17-12(4-2-5-12)8-15-11(16)9-7-14-6-3-10(9)13/h3,6-7H,2,4-5,8H2,1H3,(H2,13,14)(H,15,16). The fourth-order valence-corrected chi connectivity index (χ4v) is 2.87. The Kier molecular flexibility index (Phi) is 3.57. The van der Waals surface area contributed by atoms with E-state index in [9.17, 15) is 4.79 Å². The Morgan fingerprint density at radius 3 is 2.94 bits per heavy atom. The third-order valence-corrected chi connectivity index (χ3v) is 4.79. The number of nitrogen functional groups attached to an aromatic ring is 1. The molecule has 1 fully saturated rings. The third-order valence-electron chi connectivity index (χ3n) is 3.37. The lowest BCUT2D eigenvalue weighted by Crippen LogP contribution is -2.45. The van der Waals surface area contributed by atoms with Crippen LogP contribution in [0.25, 0.3) is 0 Å². The van der Waals surface area contributed by atoms with Crippen molar-refractivity contribution in [2.24, 2.45) is 0 Å². The van der Waals surface area contributed by atoms with E-state index < -0.39 is 0 Å². The molecule has 17 heavy (non-hydrogen) atoms. The van der Waals surface area contributed by atoms with Gasteiger partial charge in [-0.3, -0.25) is 9.78 Å². The molecule has 1 amide bonds. The summed E-state index contributed by atoms with van der Waals surface area (Å²) in [6, 6.07) is 1.64. The van der Waals surface area contributed by atoms with E-state index in [1.807, 2.05) is 11.8 Å². The Balaban J connectivity index is 1.96. The minimum atomic E-state index is -0.129. The van der Waals surface area contributed by atoms with E-state index in [-0.39, 0.29) is 10.7 Å². The number of carbonyl (C=O) groups is 1. The summed E-state index contributed by atoms with van der Waals surface area (Å²) in [7, 11) is 0. The highest BCUT2D eigenvalue weighted by atomic mass is 32.2. The van der Waals surface area contributed by atoms with Crippen LogP contribution in [0.2, 0.25) is 0 Å². The summed E-state index contributed by atoms with van der Waals surface area (Å²) in [6.07, 6.45) is 8.81. The molecular formula is C12H17N3OS. The number of aromatic nitrogens is 1. The van der Waals surface area contributed by atoms with Gasteiger partial charge in [-0.2, -0.15) is 11.8 Å². The fraction of sp³-hybridized carbons (Fsp3) is 0.500. The van der Waals surface area contributed by atoms with Crippen molar-refractivity contribution in [3.05, 3.63) is 24.0 Å². The van der Waals surface area contributed by atoms with E-state index in [4.69, 9.17) is 5.73 Å². The van der Waals surface area contributed by atoms with Gasteiger partial charge >= 0.3 is 0 Å². The maximum Gasteiger partial charge on any atom is 0.254 e. The molecule has 92 valence electrons. The normalized spacial score (nSPS) is 17.2. The maximum absolute atomic E-state index is 11.9. The van der Waals surface area contributed by atoms with Crippen LogP contribution in [0.15, 0.2) is 18.5 Å². The lowest BCUT2D eigenvalue weighted by molar-refractivity contribution is 0.0944. The van der Waals surface area contributed by atoms with Gasteiger partial charge in [-0.25, -0.2) is 0 Å². The first-order chi connectivity index (χ1) is 8.17. The number of nitrogens with one attached hydrogen (secondary N) is 1. The molecule has 0 radical (unpaired) electrons. The van der Waals surface area contributed by atoms with Crippen molar-refractivity contribution in [2.45, 2.75) is 24.0 Å². The number of amides is 1. The lowest BCUT2D eigenvalue weighted by Gasteiger charge is -2.40. The Bertz CT molecular complexity index is 412. The summed E-state index contributed by atoms with van der Waals surface area (Å²) in [5.41, 5.74) is 6.67. The number of thioether (sulfide) groups is 1. The maximum atomic E-state index is 11.9. The molecule has 0 aliphatic heterocycles. The highest BCUT2D eigenvalue weighted by Crippen LogP contribution is 2.42. The predicted molar refractivity (Wildman–Crippen MR) is 71.1 cm³/mol. The van der Waals surface area contributed by atoms with Crippen molar-refractivity contribution in [1.29, 1.82) is 0 Å². The smallest absolute Gasteiger partial charge is 0.254 e. The van der Waals surface area contributed by atoms with Gasteiger partial charge in [-0.1, -0.05) is 6.42 Å². The second-order valence-corrected chi connectivity index (χ2v) is 5.66. The van der Waals surface area contributed by atoms with Crippen LogP contribution in [0.4, 0.5) is 5.69 Å². The van der Waals surface area contributed by atoms with Gasteiger partial charge in [0.15, 0.2) is 0 Å². The Morgan fingerprint density at radius 2 is 2.41 bits per heavy atom. The average molecular weight is 251 g/mol. The van der Waals surface area contributed by atoms with Crippen molar-refractivity contribution in [2.75, 3.05) is 18.5 Å². The summed E-state index contributed by atoms with van der Waals surface area (Å²) in [6.45, 7) is 0.710. The number of hydrogen-bond donors (Lipinski definition) is 2. The number of hydrogen-bond acceptors (Lipinski definition) is 4. The van der Waals surface area contributed by atoms with Crippen LogP contribution in [-0.2, 0) is 0 Å². The van der Waals surface area contributed by atoms with Gasteiger partial charge in [0, 0.05) is 29.4 Å². The van der Waals surface area contributed by atoms with Crippen LogP contribution in [0.5, 0.6) is 0 Å². The molecule has 0 spiro atoms. The summed E-state index contributed by atoms with van der Waals surface area (Å²) in [4.78, 5) is 15.8. The summed E-state index contributed by atoms with van der Waals surface area (Å²) in [5, 5.41) is 2.95. The number of carbonyl (C=O) groups excluding carboxylic acids is 1. The Hall–Kier alpha value is -1.23. The zero-order chi connectivity index (χ0) is 12.3. The van der Waals surface area contributed by atoms with E-state index in [1.165, 1.54) is 25.5 Å². The lowest BCUT2D eigenvalue weighted by atomic mass is 9.84. The monoisotopic (exact) mass is 251 g/mol. The van der Waals surface area contributed by atoms with Gasteiger partial charge in [0.25, 0.3) is 5.91 Å². The summed E-state index contributed by atoms with van der Waals surface area (Å²) in [5.74, 6) is -0.129. The van der Waals surface area contributed by atoms with Gasteiger partial charge < -0.3 is 11.1 Å². The minimum Gasteiger partial charge on any atom is -0.398 e. The van der Waals surface area contributed by atoms with Gasteiger partial charge in [0.1, 0.15) is 0 Å². The Morgan fingerprint density at radius 1 is 1.65 bits per heavy atom. The highest BCUT2D eigenvalue weighted by molar-refractivity contribution is 8.00. The van der Waals surface area contributed by atoms with Crippen molar-refractivity contribution < 1.29 is 4.79 Å². The molecule has 0 saturated heterocycles. The van der Waals surface area contributed by atoms with E-state index in [2.05, 4.69) is 16.6 Å². The molecule has 1 aromatic heterocycles. The molecule has 0 atom stereocenters. The van der Waals surface area contributed by atoms with Crippen LogP contribution in [0.1, 0.15) is 29.6 Å². The van der Waals surface area contributed by atoms with Crippen LogP contribution in [-0.4, -0.2) is 28.4 Å². The van der Waals surface area contributed by atoms with E-state index in [1.54, 1.807) is 12.3 Å². The van der Waals surface area contributed by atoms with Gasteiger partial charge in [0.05, 0.1) is 5.56 Å². The van der Waals surface area contributed by atoms with Crippen LogP contribution < -0.4 is 11.1 Å². The van der Waals surface area contributed by atoms with Crippen molar-refractivity contribution in [1.82, 2.24) is 10.3 Å². The molecule has 1 heterocycles. The summed E-state index contributed by atoms with van der Waals surface area (Å²) < 4.78 is 0.243. The molecule has 1 saturated carbocycles. The number of pyridine rings is 1. The van der Waals surface area contributed by atoms with Crippen LogP contribution in [0.3, 0.4) is 0 Å². The van der Waals surface area contributed by atoms with Gasteiger partial charge in [-0.15, -0.1) is 0 Å². The second kappa shape index (κ2) is 4.96. The molecule has 5 heteroatoms. The van der Waals surface area contributed by atoms with E-state index in [0.717, 1.165) is 0 Å². The predicted octanol–water partition coefficient (Wildman–Crippen LogP) is 1.68. The average Bonchev–Trinajstić information content (AvgIpc) is 2.28. The number of nitrogens with zero attached hydrogens (tertiary/aromatic N) is 1. The molecule has 0 bridgehead atoms. The molecule has 0 unspecified atom stereocenters. The van der Waals surface area contributed by atoms with E-state index in [0.29, 0.717) is 17.8 Å². The number of nitrogens with two attached hydrogens (primary N) is 1. The largest absolute Gasteiger partial charge is 0.398 e. The van der Waals surface area contributed by atoms with Crippen molar-refractivity contribution in [3.8, 4) is 0 Å². The molecule has 1 aromatic rings. The molecular weight excluding hydrogens is 234 g/mol. The highest BCUT2D eigenvalue weighted by Gasteiger charge is 2.36. The van der Waals surface area contributed by atoms with Crippen molar-refractivity contribution in [3.63, 3.8) is 0 Å². The molecule has 1 aliphatic rings. The van der Waals surface area contributed by atoms with E-state index >= 15 is 0 Å². The molecule has 0 aromatic carbocycles. The Labute approximate surface area is 105 Å². The zero-order valence-corrected chi connectivity index (χ0v) is 10.7. The van der Waals surface area contributed by atoms with Crippen LogP contribution >= 0.6 is 11.8 Å². The molecule has 2 rings (SSSR count). The third kappa shape index (κ3) is 2.54. The molecule has 1 aliphatic carbocycles. The molecule has 3 N–H and O–H groups in total. The quantitative estimate of drug-likeness (QED) is 0.854. The number of rotatable bonds is 4. The first-order valence-corrected chi connectivity index (χ1v) is 6.92.